The van der Waals surface area contributed by atoms with Crippen molar-refractivity contribution in [2.75, 3.05) is 26.4 Å². The molecule has 1 rings (SSSR count). The van der Waals surface area contributed by atoms with Crippen LogP contribution in [0.3, 0.4) is 0 Å². The average Bonchev–Trinajstić information content (AvgIpc) is 2.42. The Labute approximate surface area is 134 Å². The van der Waals surface area contributed by atoms with E-state index < -0.39 is 10.2 Å². The van der Waals surface area contributed by atoms with Gasteiger partial charge in [-0.2, -0.15) is 29.2 Å². The smallest absolute Gasteiger partial charge is 0.279 e. The fraction of sp³-hybridized carbons (Fsp3) is 1.00. The van der Waals surface area contributed by atoms with Gasteiger partial charge in [0.15, 0.2) is 0 Å². The van der Waals surface area contributed by atoms with Crippen LogP contribution in [0.1, 0.15) is 46.0 Å². The summed E-state index contributed by atoms with van der Waals surface area (Å²) >= 11 is 1.85. The maximum Gasteiger partial charge on any atom is 0.279 e. The van der Waals surface area contributed by atoms with Gasteiger partial charge in [0.1, 0.15) is 0 Å². The SMILES string of the molecule is CSC1CCCC(NS(=O)(=O)N(C)CCCNC(C)C)C1. The van der Waals surface area contributed by atoms with Gasteiger partial charge in [-0.25, -0.2) is 0 Å². The molecule has 0 aromatic carbocycles. The molecule has 0 spiro atoms. The summed E-state index contributed by atoms with van der Waals surface area (Å²) in [5.74, 6) is 0. The molecule has 2 N–H and O–H groups in total. The number of thioether (sulfide) groups is 1. The molecule has 0 heterocycles. The molecule has 0 aromatic rings. The Balaban J connectivity index is 2.37. The summed E-state index contributed by atoms with van der Waals surface area (Å²) in [4.78, 5) is 0. The third kappa shape index (κ3) is 7.32. The van der Waals surface area contributed by atoms with Gasteiger partial charge in [-0.15, -0.1) is 0 Å². The van der Waals surface area contributed by atoms with E-state index in [1.807, 2.05) is 11.8 Å². The van der Waals surface area contributed by atoms with Crippen LogP contribution < -0.4 is 10.0 Å². The molecule has 1 aliphatic rings. The van der Waals surface area contributed by atoms with Gasteiger partial charge in [-0.1, -0.05) is 20.3 Å². The quantitative estimate of drug-likeness (QED) is 0.630. The van der Waals surface area contributed by atoms with Crippen LogP contribution >= 0.6 is 11.8 Å². The van der Waals surface area contributed by atoms with Crippen LogP contribution in [0, 0.1) is 0 Å². The second kappa shape index (κ2) is 9.35. The summed E-state index contributed by atoms with van der Waals surface area (Å²) in [6, 6.07) is 0.535. The highest BCUT2D eigenvalue weighted by molar-refractivity contribution is 7.99. The Kier molecular flexibility index (Phi) is 8.56. The molecule has 2 unspecified atom stereocenters. The fourth-order valence-corrected chi connectivity index (χ4v) is 4.59. The predicted molar refractivity (Wildman–Crippen MR) is 92.0 cm³/mol. The minimum Gasteiger partial charge on any atom is -0.314 e. The molecule has 21 heavy (non-hydrogen) atoms. The highest BCUT2D eigenvalue weighted by atomic mass is 32.2. The van der Waals surface area contributed by atoms with Crippen LogP contribution in [-0.2, 0) is 10.2 Å². The topological polar surface area (TPSA) is 61.4 Å². The molecule has 0 radical (unpaired) electrons. The number of nitrogens with one attached hydrogen (secondary N) is 2. The zero-order valence-corrected chi connectivity index (χ0v) is 15.4. The number of nitrogens with zero attached hydrogens (tertiary/aromatic N) is 1. The maximum atomic E-state index is 12.3. The summed E-state index contributed by atoms with van der Waals surface area (Å²) in [5, 5.41) is 3.89. The van der Waals surface area contributed by atoms with Crippen LogP contribution in [0.4, 0.5) is 0 Å². The normalized spacial score (nSPS) is 23.9. The average molecular weight is 338 g/mol. The van der Waals surface area contributed by atoms with Crippen LogP contribution in [0.5, 0.6) is 0 Å². The van der Waals surface area contributed by atoms with E-state index in [4.69, 9.17) is 0 Å². The van der Waals surface area contributed by atoms with E-state index in [1.165, 1.54) is 10.7 Å². The number of rotatable bonds is 9. The molecule has 0 aromatic heterocycles. The lowest BCUT2D eigenvalue weighted by Crippen LogP contribution is -2.46. The standard InChI is InChI=1S/C14H31N3O2S2/c1-12(2)15-9-6-10-17(3)21(18,19)16-13-7-5-8-14(11-13)20-4/h12-16H,5-11H2,1-4H3. The van der Waals surface area contributed by atoms with E-state index in [1.54, 1.807) is 7.05 Å². The lowest BCUT2D eigenvalue weighted by Gasteiger charge is -2.30. The summed E-state index contributed by atoms with van der Waals surface area (Å²) in [5.41, 5.74) is 0. The second-order valence-corrected chi connectivity index (χ2v) is 9.08. The summed E-state index contributed by atoms with van der Waals surface area (Å²) in [6.07, 6.45) is 7.15. The van der Waals surface area contributed by atoms with Gasteiger partial charge in [0.05, 0.1) is 0 Å². The molecule has 0 bridgehead atoms. The molecule has 126 valence electrons. The highest BCUT2D eigenvalue weighted by Crippen LogP contribution is 2.27. The fourth-order valence-electron chi connectivity index (χ4n) is 2.58. The minimum absolute atomic E-state index is 0.0949. The van der Waals surface area contributed by atoms with Gasteiger partial charge in [-0.05, 0) is 38.5 Å². The molecule has 0 amide bonds. The maximum absolute atomic E-state index is 12.3. The Morgan fingerprint density at radius 2 is 2.05 bits per heavy atom. The van der Waals surface area contributed by atoms with Crippen LogP contribution in [-0.4, -0.2) is 56.4 Å². The Morgan fingerprint density at radius 3 is 2.67 bits per heavy atom. The Hall–Kier alpha value is 0.180. The van der Waals surface area contributed by atoms with Gasteiger partial charge in [-0.3, -0.25) is 0 Å². The molecule has 0 aliphatic heterocycles. The molecular weight excluding hydrogens is 306 g/mol. The first-order valence-electron chi connectivity index (χ1n) is 7.85. The van der Waals surface area contributed by atoms with E-state index in [-0.39, 0.29) is 6.04 Å². The second-order valence-electron chi connectivity index (χ2n) is 6.13. The zero-order chi connectivity index (χ0) is 15.9. The lowest BCUT2D eigenvalue weighted by molar-refractivity contribution is 0.393. The van der Waals surface area contributed by atoms with Crippen molar-refractivity contribution in [3.05, 3.63) is 0 Å². The number of hydrogen-bond acceptors (Lipinski definition) is 4. The molecule has 7 heteroatoms. The van der Waals surface area contributed by atoms with Crippen molar-refractivity contribution in [2.45, 2.75) is 63.3 Å². The van der Waals surface area contributed by atoms with E-state index >= 15 is 0 Å². The largest absolute Gasteiger partial charge is 0.314 e. The first-order chi connectivity index (χ1) is 9.85. The van der Waals surface area contributed by atoms with Crippen molar-refractivity contribution in [3.63, 3.8) is 0 Å². The first-order valence-corrected chi connectivity index (χ1v) is 10.6. The molecule has 5 nitrogen and oxygen atoms in total. The Bertz CT molecular complexity index is 388. The van der Waals surface area contributed by atoms with Gasteiger partial charge in [0.25, 0.3) is 10.2 Å². The molecule has 2 atom stereocenters. The van der Waals surface area contributed by atoms with Crippen LogP contribution in [0.2, 0.25) is 0 Å². The van der Waals surface area contributed by atoms with Gasteiger partial charge in [0.2, 0.25) is 0 Å². The third-order valence-corrected chi connectivity index (χ3v) is 6.62. The molecule has 0 saturated heterocycles. The molecule has 1 aliphatic carbocycles. The molecular formula is C14H31N3O2S2. The predicted octanol–water partition coefficient (Wildman–Crippen LogP) is 1.81. The number of hydrogen-bond donors (Lipinski definition) is 2. The van der Waals surface area contributed by atoms with Crippen LogP contribution in [0.25, 0.3) is 0 Å². The van der Waals surface area contributed by atoms with Crippen molar-refractivity contribution < 1.29 is 8.42 Å². The van der Waals surface area contributed by atoms with Crippen molar-refractivity contribution in [2.24, 2.45) is 0 Å². The van der Waals surface area contributed by atoms with Gasteiger partial charge >= 0.3 is 0 Å². The minimum atomic E-state index is -3.35. The van der Waals surface area contributed by atoms with E-state index in [0.29, 0.717) is 17.8 Å². The summed E-state index contributed by atoms with van der Waals surface area (Å²) < 4.78 is 28.9. The van der Waals surface area contributed by atoms with Crippen molar-refractivity contribution in [3.8, 4) is 0 Å². The third-order valence-electron chi connectivity index (χ3n) is 3.89. The first kappa shape index (κ1) is 19.2. The molecule has 1 saturated carbocycles. The van der Waals surface area contributed by atoms with Crippen molar-refractivity contribution >= 4 is 22.0 Å². The monoisotopic (exact) mass is 337 g/mol. The van der Waals surface area contributed by atoms with Crippen LogP contribution in [0.15, 0.2) is 0 Å². The van der Waals surface area contributed by atoms with Gasteiger partial charge in [0, 0.05) is 30.9 Å². The van der Waals surface area contributed by atoms with E-state index in [2.05, 4.69) is 30.1 Å². The molecule has 1 fully saturated rings. The Morgan fingerprint density at radius 1 is 1.33 bits per heavy atom. The summed E-state index contributed by atoms with van der Waals surface area (Å²) in [6.45, 7) is 5.57. The van der Waals surface area contributed by atoms with Gasteiger partial charge < -0.3 is 5.32 Å². The van der Waals surface area contributed by atoms with E-state index in [0.717, 1.165) is 32.2 Å². The van der Waals surface area contributed by atoms with E-state index in [9.17, 15) is 8.42 Å². The zero-order valence-electron chi connectivity index (χ0n) is 13.8. The highest BCUT2D eigenvalue weighted by Gasteiger charge is 2.27. The van der Waals surface area contributed by atoms with Crippen molar-refractivity contribution in [1.82, 2.24) is 14.3 Å². The summed E-state index contributed by atoms with van der Waals surface area (Å²) in [7, 11) is -1.69. The lowest BCUT2D eigenvalue weighted by atomic mass is 9.96. The van der Waals surface area contributed by atoms with Crippen molar-refractivity contribution in [1.29, 1.82) is 0 Å².